The quantitative estimate of drug-likeness (QED) is 0.350. The summed E-state index contributed by atoms with van der Waals surface area (Å²) < 4.78 is 59.1. The van der Waals surface area contributed by atoms with E-state index >= 15 is 0 Å². The maximum Gasteiger partial charge on any atom is 0.266 e. The van der Waals surface area contributed by atoms with Gasteiger partial charge < -0.3 is 10.1 Å². The molecule has 0 aliphatic carbocycles. The van der Waals surface area contributed by atoms with Gasteiger partial charge in [0.25, 0.3) is 5.91 Å². The Balaban J connectivity index is 1.67. The summed E-state index contributed by atoms with van der Waals surface area (Å²) in [5.41, 5.74) is 2.11. The number of nitrogens with one attached hydrogen (secondary N) is 2. The summed E-state index contributed by atoms with van der Waals surface area (Å²) in [6, 6.07) is 13.1. The number of hydrogen-bond acceptors (Lipinski definition) is 5. The number of benzene rings is 3. The van der Waals surface area contributed by atoms with E-state index in [4.69, 9.17) is 4.74 Å². The molecule has 0 atom stereocenters. The Labute approximate surface area is 199 Å². The van der Waals surface area contributed by atoms with Crippen LogP contribution in [0.5, 0.6) is 5.75 Å². The van der Waals surface area contributed by atoms with Gasteiger partial charge in [-0.25, -0.2) is 17.2 Å². The number of rotatable bonds is 6. The third-order valence-corrected chi connectivity index (χ3v) is 6.95. The van der Waals surface area contributed by atoms with Crippen LogP contribution in [0, 0.1) is 18.6 Å². The van der Waals surface area contributed by atoms with E-state index in [1.54, 1.807) is 36.4 Å². The fourth-order valence-corrected chi connectivity index (χ4v) is 5.27. The van der Waals surface area contributed by atoms with Gasteiger partial charge in [0, 0.05) is 33.8 Å². The van der Waals surface area contributed by atoms with Gasteiger partial charge in [-0.1, -0.05) is 6.07 Å². The third-order valence-electron chi connectivity index (χ3n) is 5.09. The average molecular weight is 503 g/mol. The summed E-state index contributed by atoms with van der Waals surface area (Å²) in [5.74, 6) is -1.41. The van der Waals surface area contributed by atoms with Crippen molar-refractivity contribution in [3.63, 3.8) is 0 Å². The Morgan fingerprint density at radius 3 is 2.44 bits per heavy atom. The van der Waals surface area contributed by atoms with Gasteiger partial charge in [-0.2, -0.15) is 0 Å². The molecule has 10 heteroatoms. The second kappa shape index (κ2) is 9.03. The molecule has 4 aromatic rings. The van der Waals surface area contributed by atoms with Crippen LogP contribution in [0.2, 0.25) is 0 Å². The van der Waals surface area contributed by atoms with Crippen molar-refractivity contribution in [1.82, 2.24) is 0 Å². The number of fused-ring (bicyclic) bond motifs is 1. The summed E-state index contributed by atoms with van der Waals surface area (Å²) in [5, 5.41) is 3.64. The minimum atomic E-state index is -3.43. The van der Waals surface area contributed by atoms with E-state index in [1.807, 2.05) is 6.92 Å². The SMILES string of the molecule is COc1cc(NC(=O)c2sc3cc(NS(C)(=O)=O)ccc3c2C)cc(-c2ccc(F)cc2F)c1. The van der Waals surface area contributed by atoms with Crippen molar-refractivity contribution in [3.8, 4) is 16.9 Å². The predicted octanol–water partition coefficient (Wildman–Crippen LogP) is 5.79. The van der Waals surface area contributed by atoms with Crippen LogP contribution in [0.3, 0.4) is 0 Å². The largest absolute Gasteiger partial charge is 0.497 e. The molecule has 0 spiro atoms. The zero-order valence-electron chi connectivity index (χ0n) is 18.4. The highest BCUT2D eigenvalue weighted by molar-refractivity contribution is 7.92. The van der Waals surface area contributed by atoms with Gasteiger partial charge in [0.1, 0.15) is 17.4 Å². The molecule has 0 aliphatic rings. The molecule has 1 heterocycles. The summed E-state index contributed by atoms with van der Waals surface area (Å²) in [6.07, 6.45) is 1.07. The lowest BCUT2D eigenvalue weighted by Gasteiger charge is -2.11. The third kappa shape index (κ3) is 5.02. The molecule has 4 rings (SSSR count). The van der Waals surface area contributed by atoms with Crippen molar-refractivity contribution in [2.75, 3.05) is 23.4 Å². The smallest absolute Gasteiger partial charge is 0.266 e. The minimum absolute atomic E-state index is 0.166. The van der Waals surface area contributed by atoms with Crippen LogP contribution < -0.4 is 14.8 Å². The predicted molar refractivity (Wildman–Crippen MR) is 131 cm³/mol. The van der Waals surface area contributed by atoms with Crippen LogP contribution in [-0.4, -0.2) is 27.7 Å². The number of methoxy groups -OCH3 is 1. The summed E-state index contributed by atoms with van der Waals surface area (Å²) in [4.78, 5) is 13.5. The molecular formula is C24H20F2N2O4S2. The first kappa shape index (κ1) is 23.7. The normalized spacial score (nSPS) is 11.4. The summed E-state index contributed by atoms with van der Waals surface area (Å²) in [6.45, 7) is 1.81. The van der Waals surface area contributed by atoms with E-state index < -0.39 is 21.7 Å². The van der Waals surface area contributed by atoms with Crippen LogP contribution in [0.1, 0.15) is 15.2 Å². The van der Waals surface area contributed by atoms with Crippen molar-refractivity contribution < 1.29 is 26.7 Å². The molecule has 0 radical (unpaired) electrons. The molecule has 0 unspecified atom stereocenters. The van der Waals surface area contributed by atoms with Gasteiger partial charge in [0.15, 0.2) is 0 Å². The summed E-state index contributed by atoms with van der Waals surface area (Å²) in [7, 11) is -1.98. The van der Waals surface area contributed by atoms with E-state index in [-0.39, 0.29) is 11.5 Å². The molecule has 2 N–H and O–H groups in total. The molecule has 176 valence electrons. The Morgan fingerprint density at radius 2 is 1.76 bits per heavy atom. The van der Waals surface area contributed by atoms with Gasteiger partial charge in [-0.05, 0) is 59.8 Å². The van der Waals surface area contributed by atoms with Crippen molar-refractivity contribution in [2.45, 2.75) is 6.92 Å². The van der Waals surface area contributed by atoms with Crippen molar-refractivity contribution in [2.24, 2.45) is 0 Å². The van der Waals surface area contributed by atoms with Gasteiger partial charge in [0.05, 0.1) is 18.2 Å². The van der Waals surface area contributed by atoms with Crippen molar-refractivity contribution in [3.05, 3.63) is 76.7 Å². The Kier molecular flexibility index (Phi) is 6.28. The maximum atomic E-state index is 14.3. The zero-order valence-corrected chi connectivity index (χ0v) is 20.0. The number of carbonyl (C=O) groups excluding carboxylic acids is 1. The van der Waals surface area contributed by atoms with Crippen molar-refractivity contribution >= 4 is 48.7 Å². The Bertz CT molecular complexity index is 1530. The molecule has 0 aliphatic heterocycles. The molecule has 1 aromatic heterocycles. The number of hydrogen-bond donors (Lipinski definition) is 2. The van der Waals surface area contributed by atoms with Crippen molar-refractivity contribution in [1.29, 1.82) is 0 Å². The second-order valence-corrected chi connectivity index (χ2v) is 10.5. The Hall–Kier alpha value is -3.50. The highest BCUT2D eigenvalue weighted by Crippen LogP contribution is 2.35. The molecule has 1 amide bonds. The Morgan fingerprint density at radius 1 is 1.00 bits per heavy atom. The first-order valence-corrected chi connectivity index (χ1v) is 12.7. The molecule has 3 aromatic carbocycles. The van der Waals surface area contributed by atoms with Gasteiger partial charge >= 0.3 is 0 Å². The molecule has 0 saturated carbocycles. The van der Waals surface area contributed by atoms with Crippen LogP contribution in [0.4, 0.5) is 20.2 Å². The number of thiophene rings is 1. The number of sulfonamides is 1. The molecule has 0 fully saturated rings. The van der Waals surface area contributed by atoms with E-state index in [9.17, 15) is 22.0 Å². The number of amides is 1. The van der Waals surface area contributed by atoms with E-state index in [0.29, 0.717) is 27.6 Å². The number of anilines is 2. The maximum absolute atomic E-state index is 14.3. The van der Waals surface area contributed by atoms with Gasteiger partial charge in [0.2, 0.25) is 10.0 Å². The lowest BCUT2D eigenvalue weighted by atomic mass is 10.0. The monoisotopic (exact) mass is 502 g/mol. The molecule has 34 heavy (non-hydrogen) atoms. The van der Waals surface area contributed by atoms with Crippen LogP contribution in [0.25, 0.3) is 21.2 Å². The molecular weight excluding hydrogens is 482 g/mol. The van der Waals surface area contributed by atoms with Crippen LogP contribution in [0.15, 0.2) is 54.6 Å². The minimum Gasteiger partial charge on any atom is -0.497 e. The van der Waals surface area contributed by atoms with Gasteiger partial charge in [-0.15, -0.1) is 11.3 Å². The number of carbonyl (C=O) groups is 1. The fourth-order valence-electron chi connectivity index (χ4n) is 3.58. The fraction of sp³-hybridized carbons (Fsp3) is 0.125. The van der Waals surface area contributed by atoms with E-state index in [2.05, 4.69) is 10.0 Å². The average Bonchev–Trinajstić information content (AvgIpc) is 3.08. The highest BCUT2D eigenvalue weighted by atomic mass is 32.2. The molecule has 0 bridgehead atoms. The second-order valence-electron chi connectivity index (χ2n) is 7.67. The first-order valence-electron chi connectivity index (χ1n) is 10.0. The standard InChI is InChI=1S/C24H20F2N2O4S2/c1-13-19-7-5-16(28-34(3,30)31)12-22(19)33-23(13)24(29)27-17-8-14(9-18(11-17)32-2)20-6-4-15(25)10-21(20)26/h4-12,28H,1-3H3,(H,27,29). The number of ether oxygens (including phenoxy) is 1. The van der Waals surface area contributed by atoms with Crippen LogP contribution in [-0.2, 0) is 10.0 Å². The lowest BCUT2D eigenvalue weighted by molar-refractivity contribution is 0.103. The number of aryl methyl sites for hydroxylation is 1. The van der Waals surface area contributed by atoms with Crippen LogP contribution >= 0.6 is 11.3 Å². The van der Waals surface area contributed by atoms with Gasteiger partial charge in [-0.3, -0.25) is 9.52 Å². The highest BCUT2D eigenvalue weighted by Gasteiger charge is 2.18. The lowest BCUT2D eigenvalue weighted by Crippen LogP contribution is -2.11. The van der Waals surface area contributed by atoms with E-state index in [0.717, 1.165) is 34.0 Å². The summed E-state index contributed by atoms with van der Waals surface area (Å²) >= 11 is 1.23. The molecule has 0 saturated heterocycles. The zero-order chi connectivity index (χ0) is 24.6. The topological polar surface area (TPSA) is 84.5 Å². The first-order chi connectivity index (χ1) is 16.0. The van der Waals surface area contributed by atoms with E-state index in [1.165, 1.54) is 24.5 Å². The number of halogens is 2. The molecule has 6 nitrogen and oxygen atoms in total.